The van der Waals surface area contributed by atoms with Crippen molar-refractivity contribution in [1.82, 2.24) is 9.55 Å². The number of imidazole rings is 1. The minimum absolute atomic E-state index is 0.836. The zero-order chi connectivity index (χ0) is 9.97. The Kier molecular flexibility index (Phi) is 2.54. The average molecular weight is 252 g/mol. The summed E-state index contributed by atoms with van der Waals surface area (Å²) in [6, 6.07) is 7.98. The first-order valence-electron chi connectivity index (χ1n) is 4.25. The Hall–Kier alpha value is -1.29. The van der Waals surface area contributed by atoms with E-state index in [9.17, 15) is 0 Å². The molecule has 1 aromatic carbocycles. The van der Waals surface area contributed by atoms with E-state index >= 15 is 0 Å². The first-order chi connectivity index (χ1) is 6.75. The van der Waals surface area contributed by atoms with Crippen LogP contribution >= 0.6 is 15.9 Å². The van der Waals surface area contributed by atoms with Crippen molar-refractivity contribution in [1.29, 1.82) is 0 Å². The van der Waals surface area contributed by atoms with Gasteiger partial charge in [-0.3, -0.25) is 0 Å². The van der Waals surface area contributed by atoms with Gasteiger partial charge in [-0.1, -0.05) is 22.0 Å². The number of aromatic nitrogens is 2. The maximum absolute atomic E-state index is 4.18. The number of aryl methyl sites for hydroxylation is 1. The van der Waals surface area contributed by atoms with E-state index in [0.29, 0.717) is 0 Å². The smallest absolute Gasteiger partial charge is 0.207 e. The van der Waals surface area contributed by atoms with Gasteiger partial charge >= 0.3 is 0 Å². The first kappa shape index (κ1) is 9.27. The van der Waals surface area contributed by atoms with Crippen LogP contribution in [0.4, 0.5) is 11.6 Å². The molecule has 72 valence electrons. The predicted molar refractivity (Wildman–Crippen MR) is 60.6 cm³/mol. The highest BCUT2D eigenvalue weighted by Gasteiger charge is 1.98. The SMILES string of the molecule is Cn1ccnc1Nc1cccc(Br)c1. The van der Waals surface area contributed by atoms with E-state index in [2.05, 4.69) is 26.2 Å². The number of halogens is 1. The lowest BCUT2D eigenvalue weighted by atomic mass is 10.3. The Balaban J connectivity index is 2.23. The fourth-order valence-electron chi connectivity index (χ4n) is 1.18. The Labute approximate surface area is 90.9 Å². The summed E-state index contributed by atoms with van der Waals surface area (Å²) in [4.78, 5) is 4.18. The normalized spacial score (nSPS) is 10.1. The van der Waals surface area contributed by atoms with Crippen molar-refractivity contribution in [2.75, 3.05) is 5.32 Å². The summed E-state index contributed by atoms with van der Waals surface area (Å²) < 4.78 is 2.98. The van der Waals surface area contributed by atoms with Crippen LogP contribution < -0.4 is 5.32 Å². The van der Waals surface area contributed by atoms with Gasteiger partial charge in [-0.25, -0.2) is 4.98 Å². The van der Waals surface area contributed by atoms with Gasteiger partial charge in [0.1, 0.15) is 0 Å². The van der Waals surface area contributed by atoms with Crippen molar-refractivity contribution in [3.8, 4) is 0 Å². The van der Waals surface area contributed by atoms with Gasteiger partial charge in [-0.15, -0.1) is 0 Å². The number of nitrogens with zero attached hydrogens (tertiary/aromatic N) is 2. The Morgan fingerprint density at radius 1 is 1.43 bits per heavy atom. The van der Waals surface area contributed by atoms with Gasteiger partial charge in [-0.05, 0) is 18.2 Å². The van der Waals surface area contributed by atoms with E-state index in [0.717, 1.165) is 16.1 Å². The van der Waals surface area contributed by atoms with Gasteiger partial charge in [0.2, 0.25) is 5.95 Å². The van der Waals surface area contributed by atoms with Crippen LogP contribution in [0.5, 0.6) is 0 Å². The number of hydrogen-bond acceptors (Lipinski definition) is 2. The lowest BCUT2D eigenvalue weighted by Crippen LogP contribution is -1.97. The molecular formula is C10H10BrN3. The number of nitrogens with one attached hydrogen (secondary N) is 1. The third-order valence-electron chi connectivity index (χ3n) is 1.90. The lowest BCUT2D eigenvalue weighted by Gasteiger charge is -2.05. The summed E-state index contributed by atoms with van der Waals surface area (Å²) in [7, 11) is 1.95. The third-order valence-corrected chi connectivity index (χ3v) is 2.40. The molecule has 1 N–H and O–H groups in total. The molecule has 0 aliphatic heterocycles. The van der Waals surface area contributed by atoms with Crippen molar-refractivity contribution in [3.05, 3.63) is 41.1 Å². The fraction of sp³-hybridized carbons (Fsp3) is 0.100. The topological polar surface area (TPSA) is 29.9 Å². The van der Waals surface area contributed by atoms with Gasteiger partial charge in [0.15, 0.2) is 0 Å². The van der Waals surface area contributed by atoms with Gasteiger partial charge in [0.25, 0.3) is 0 Å². The lowest BCUT2D eigenvalue weighted by molar-refractivity contribution is 0.924. The van der Waals surface area contributed by atoms with Gasteiger partial charge in [0, 0.05) is 29.6 Å². The van der Waals surface area contributed by atoms with Crippen LogP contribution in [0.15, 0.2) is 41.1 Å². The molecule has 0 fully saturated rings. The highest BCUT2D eigenvalue weighted by molar-refractivity contribution is 9.10. The fourth-order valence-corrected chi connectivity index (χ4v) is 1.58. The van der Waals surface area contributed by atoms with Crippen LogP contribution in [0.2, 0.25) is 0 Å². The van der Waals surface area contributed by atoms with Crippen molar-refractivity contribution in [2.45, 2.75) is 0 Å². The molecule has 0 aliphatic carbocycles. The quantitative estimate of drug-likeness (QED) is 0.890. The van der Waals surface area contributed by atoms with Crippen LogP contribution in [0, 0.1) is 0 Å². The molecule has 2 aromatic rings. The van der Waals surface area contributed by atoms with Gasteiger partial charge in [0.05, 0.1) is 0 Å². The molecule has 2 rings (SSSR count). The third kappa shape index (κ3) is 1.96. The van der Waals surface area contributed by atoms with Gasteiger partial charge in [-0.2, -0.15) is 0 Å². The van der Waals surface area contributed by atoms with Crippen LogP contribution in [0.3, 0.4) is 0 Å². The Bertz CT molecular complexity index is 436. The minimum atomic E-state index is 0.836. The second-order valence-electron chi connectivity index (χ2n) is 3.00. The minimum Gasteiger partial charge on any atom is -0.326 e. The van der Waals surface area contributed by atoms with E-state index in [-0.39, 0.29) is 0 Å². The maximum atomic E-state index is 4.18. The van der Waals surface area contributed by atoms with Crippen LogP contribution in [-0.2, 0) is 7.05 Å². The average Bonchev–Trinajstić information content (AvgIpc) is 2.52. The molecule has 14 heavy (non-hydrogen) atoms. The van der Waals surface area contributed by atoms with Crippen LogP contribution in [0.25, 0.3) is 0 Å². The molecule has 0 aliphatic rings. The molecule has 1 aromatic heterocycles. The molecule has 4 heteroatoms. The highest BCUT2D eigenvalue weighted by atomic mass is 79.9. The predicted octanol–water partition coefficient (Wildman–Crippen LogP) is 2.93. The molecule has 0 unspecified atom stereocenters. The van der Waals surface area contributed by atoms with E-state index in [4.69, 9.17) is 0 Å². The van der Waals surface area contributed by atoms with Crippen molar-refractivity contribution in [2.24, 2.45) is 7.05 Å². The summed E-state index contributed by atoms with van der Waals surface area (Å²) in [5.74, 6) is 0.836. The summed E-state index contributed by atoms with van der Waals surface area (Å²) >= 11 is 3.42. The summed E-state index contributed by atoms with van der Waals surface area (Å²) in [6.07, 6.45) is 3.67. The molecule has 0 amide bonds. The molecule has 0 spiro atoms. The van der Waals surface area contributed by atoms with E-state index in [1.54, 1.807) is 6.20 Å². The van der Waals surface area contributed by atoms with Crippen LogP contribution in [0.1, 0.15) is 0 Å². The summed E-state index contributed by atoms with van der Waals surface area (Å²) in [5.41, 5.74) is 1.02. The molecular weight excluding hydrogens is 242 g/mol. The summed E-state index contributed by atoms with van der Waals surface area (Å²) in [6.45, 7) is 0. The molecule has 0 saturated carbocycles. The number of hydrogen-bond donors (Lipinski definition) is 1. The standard InChI is InChI=1S/C10H10BrN3/c1-14-6-5-12-10(14)13-9-4-2-3-8(11)7-9/h2-7H,1H3,(H,12,13). The van der Waals surface area contributed by atoms with Crippen LogP contribution in [-0.4, -0.2) is 9.55 Å². The Morgan fingerprint density at radius 2 is 2.29 bits per heavy atom. The van der Waals surface area contributed by atoms with E-state index < -0.39 is 0 Å². The van der Waals surface area contributed by atoms with Crippen molar-refractivity contribution >= 4 is 27.6 Å². The molecule has 0 radical (unpaired) electrons. The zero-order valence-corrected chi connectivity index (χ0v) is 9.32. The zero-order valence-electron chi connectivity index (χ0n) is 7.74. The Morgan fingerprint density at radius 3 is 2.93 bits per heavy atom. The molecule has 1 heterocycles. The first-order valence-corrected chi connectivity index (χ1v) is 5.05. The molecule has 3 nitrogen and oxygen atoms in total. The number of rotatable bonds is 2. The number of anilines is 2. The van der Waals surface area contributed by atoms with E-state index in [1.807, 2.05) is 42.1 Å². The number of benzene rings is 1. The second-order valence-corrected chi connectivity index (χ2v) is 3.91. The molecule has 0 atom stereocenters. The van der Waals surface area contributed by atoms with Crippen molar-refractivity contribution in [3.63, 3.8) is 0 Å². The maximum Gasteiger partial charge on any atom is 0.207 e. The summed E-state index contributed by atoms with van der Waals surface area (Å²) in [5, 5.41) is 3.21. The molecule has 0 bridgehead atoms. The monoisotopic (exact) mass is 251 g/mol. The second kappa shape index (κ2) is 3.84. The van der Waals surface area contributed by atoms with Gasteiger partial charge < -0.3 is 9.88 Å². The molecule has 0 saturated heterocycles. The highest BCUT2D eigenvalue weighted by Crippen LogP contribution is 2.18. The largest absolute Gasteiger partial charge is 0.326 e. The van der Waals surface area contributed by atoms with E-state index in [1.165, 1.54) is 0 Å². The van der Waals surface area contributed by atoms with Crippen molar-refractivity contribution < 1.29 is 0 Å².